The van der Waals surface area contributed by atoms with Crippen LogP contribution < -0.4 is 4.72 Å². The van der Waals surface area contributed by atoms with E-state index in [2.05, 4.69) is 20.7 Å². The second-order valence-electron chi connectivity index (χ2n) is 4.23. The van der Waals surface area contributed by atoms with Crippen LogP contribution in [-0.2, 0) is 16.6 Å². The lowest BCUT2D eigenvalue weighted by atomic mass is 10.3. The van der Waals surface area contributed by atoms with Crippen molar-refractivity contribution in [2.75, 3.05) is 0 Å². The summed E-state index contributed by atoms with van der Waals surface area (Å²) in [5.41, 5.74) is 1.20. The topological polar surface area (TPSA) is 46.2 Å². The van der Waals surface area contributed by atoms with E-state index in [0.29, 0.717) is 6.54 Å². The molecule has 0 aliphatic carbocycles. The van der Waals surface area contributed by atoms with Gasteiger partial charge in [-0.2, -0.15) is 0 Å². The standard InChI is InChI=1S/C13H14BrNO2S2/c1-9-7-12(18-10(9)2)8-15-19(16,17)13-5-3-11(14)4-6-13/h3-7,15H,8H2,1-2H3. The normalized spacial score (nSPS) is 11.7. The Morgan fingerprint density at radius 3 is 2.37 bits per heavy atom. The number of thiophene rings is 1. The molecule has 0 saturated heterocycles. The summed E-state index contributed by atoms with van der Waals surface area (Å²) in [5, 5.41) is 0. The van der Waals surface area contributed by atoms with Gasteiger partial charge in [-0.25, -0.2) is 13.1 Å². The van der Waals surface area contributed by atoms with Crippen LogP contribution in [0.5, 0.6) is 0 Å². The minimum atomic E-state index is -3.44. The third kappa shape index (κ3) is 3.66. The van der Waals surface area contributed by atoms with Gasteiger partial charge in [-0.1, -0.05) is 15.9 Å². The predicted molar refractivity (Wildman–Crippen MR) is 82.0 cm³/mol. The first-order valence-electron chi connectivity index (χ1n) is 5.69. The van der Waals surface area contributed by atoms with Crippen molar-refractivity contribution in [1.82, 2.24) is 4.72 Å². The van der Waals surface area contributed by atoms with E-state index in [4.69, 9.17) is 0 Å². The Morgan fingerprint density at radius 1 is 1.21 bits per heavy atom. The van der Waals surface area contributed by atoms with Crippen molar-refractivity contribution in [2.45, 2.75) is 25.3 Å². The van der Waals surface area contributed by atoms with Crippen molar-refractivity contribution >= 4 is 37.3 Å². The average molecular weight is 360 g/mol. The molecule has 0 saturated carbocycles. The van der Waals surface area contributed by atoms with Crippen LogP contribution in [0.25, 0.3) is 0 Å². The van der Waals surface area contributed by atoms with Gasteiger partial charge in [0, 0.05) is 20.8 Å². The van der Waals surface area contributed by atoms with E-state index in [1.165, 1.54) is 10.4 Å². The van der Waals surface area contributed by atoms with Crippen LogP contribution >= 0.6 is 27.3 Å². The zero-order valence-electron chi connectivity index (χ0n) is 10.6. The highest BCUT2D eigenvalue weighted by Gasteiger charge is 2.14. The summed E-state index contributed by atoms with van der Waals surface area (Å²) in [6, 6.07) is 8.61. The van der Waals surface area contributed by atoms with Crippen LogP contribution in [0.3, 0.4) is 0 Å². The molecule has 0 radical (unpaired) electrons. The van der Waals surface area contributed by atoms with Crippen molar-refractivity contribution < 1.29 is 8.42 Å². The maximum Gasteiger partial charge on any atom is 0.240 e. The summed E-state index contributed by atoms with van der Waals surface area (Å²) in [7, 11) is -3.44. The molecule has 1 aromatic carbocycles. The van der Waals surface area contributed by atoms with Crippen LogP contribution in [0.15, 0.2) is 39.7 Å². The van der Waals surface area contributed by atoms with E-state index >= 15 is 0 Å². The van der Waals surface area contributed by atoms with E-state index in [1.807, 2.05) is 19.9 Å². The molecule has 102 valence electrons. The van der Waals surface area contributed by atoms with Crippen molar-refractivity contribution in [3.05, 3.63) is 50.1 Å². The van der Waals surface area contributed by atoms with Gasteiger partial charge in [-0.3, -0.25) is 0 Å². The molecule has 0 aliphatic rings. The monoisotopic (exact) mass is 359 g/mol. The average Bonchev–Trinajstić information content (AvgIpc) is 2.67. The van der Waals surface area contributed by atoms with Gasteiger partial charge in [-0.05, 0) is 49.7 Å². The quantitative estimate of drug-likeness (QED) is 0.906. The number of nitrogens with one attached hydrogen (secondary N) is 1. The van der Waals surface area contributed by atoms with Gasteiger partial charge in [-0.15, -0.1) is 11.3 Å². The van der Waals surface area contributed by atoms with Crippen LogP contribution in [0, 0.1) is 13.8 Å². The molecule has 0 fully saturated rings. The first-order chi connectivity index (χ1) is 8.88. The summed E-state index contributed by atoms with van der Waals surface area (Å²) in [4.78, 5) is 2.52. The Morgan fingerprint density at radius 2 is 1.84 bits per heavy atom. The summed E-state index contributed by atoms with van der Waals surface area (Å²) in [5.74, 6) is 0. The molecule has 6 heteroatoms. The first kappa shape index (κ1) is 14.7. The van der Waals surface area contributed by atoms with Gasteiger partial charge in [0.05, 0.1) is 4.90 Å². The van der Waals surface area contributed by atoms with Crippen LogP contribution in [0.2, 0.25) is 0 Å². The molecule has 1 N–H and O–H groups in total. The fraction of sp³-hybridized carbons (Fsp3) is 0.231. The van der Waals surface area contributed by atoms with Gasteiger partial charge in [0.25, 0.3) is 0 Å². The Hall–Kier alpha value is -0.690. The Bertz CT molecular complexity index is 656. The zero-order chi connectivity index (χ0) is 14.0. The molecule has 0 aliphatic heterocycles. The Kier molecular flexibility index (Phi) is 4.45. The summed E-state index contributed by atoms with van der Waals surface area (Å²) in [6.07, 6.45) is 0. The van der Waals surface area contributed by atoms with Gasteiger partial charge >= 0.3 is 0 Å². The summed E-state index contributed by atoms with van der Waals surface area (Å²) in [6.45, 7) is 4.39. The molecule has 19 heavy (non-hydrogen) atoms. The molecule has 0 spiro atoms. The van der Waals surface area contributed by atoms with Gasteiger partial charge in [0.2, 0.25) is 10.0 Å². The molecule has 3 nitrogen and oxygen atoms in total. The van der Waals surface area contributed by atoms with E-state index < -0.39 is 10.0 Å². The Balaban J connectivity index is 2.11. The molecule has 2 aromatic rings. The fourth-order valence-corrected chi connectivity index (χ4v) is 3.96. The highest BCUT2D eigenvalue weighted by atomic mass is 79.9. The molecule has 0 bridgehead atoms. The van der Waals surface area contributed by atoms with Crippen LogP contribution in [0.1, 0.15) is 15.3 Å². The van der Waals surface area contributed by atoms with E-state index in [-0.39, 0.29) is 4.90 Å². The summed E-state index contributed by atoms with van der Waals surface area (Å²) < 4.78 is 27.6. The van der Waals surface area contributed by atoms with Gasteiger partial charge in [0.15, 0.2) is 0 Å². The molecule has 1 aromatic heterocycles. The molecular weight excluding hydrogens is 346 g/mol. The smallest absolute Gasteiger partial charge is 0.207 e. The van der Waals surface area contributed by atoms with Crippen molar-refractivity contribution in [1.29, 1.82) is 0 Å². The summed E-state index contributed by atoms with van der Waals surface area (Å²) >= 11 is 4.90. The second kappa shape index (κ2) is 5.75. The highest BCUT2D eigenvalue weighted by molar-refractivity contribution is 9.10. The lowest BCUT2D eigenvalue weighted by Gasteiger charge is -2.05. The molecule has 0 unspecified atom stereocenters. The third-order valence-corrected chi connectivity index (χ3v) is 5.88. The number of hydrogen-bond acceptors (Lipinski definition) is 3. The van der Waals surface area contributed by atoms with Crippen molar-refractivity contribution in [3.63, 3.8) is 0 Å². The number of rotatable bonds is 4. The fourth-order valence-electron chi connectivity index (χ4n) is 1.60. The SMILES string of the molecule is Cc1cc(CNS(=O)(=O)c2ccc(Br)cc2)sc1C. The predicted octanol–water partition coefficient (Wildman–Crippen LogP) is 3.61. The second-order valence-corrected chi connectivity index (χ2v) is 8.25. The number of halogens is 1. The van der Waals surface area contributed by atoms with Gasteiger partial charge in [0.1, 0.15) is 0 Å². The lowest BCUT2D eigenvalue weighted by molar-refractivity contribution is 0.582. The Labute approximate surface area is 125 Å². The maximum absolute atomic E-state index is 12.1. The number of sulfonamides is 1. The van der Waals surface area contributed by atoms with Crippen LogP contribution in [0.4, 0.5) is 0 Å². The molecule has 0 amide bonds. The maximum atomic E-state index is 12.1. The third-order valence-electron chi connectivity index (χ3n) is 2.78. The molecule has 2 rings (SSSR count). The molecular formula is C13H14BrNO2S2. The largest absolute Gasteiger partial charge is 0.240 e. The van der Waals surface area contributed by atoms with E-state index in [0.717, 1.165) is 9.35 Å². The van der Waals surface area contributed by atoms with E-state index in [1.54, 1.807) is 35.6 Å². The van der Waals surface area contributed by atoms with E-state index in [9.17, 15) is 8.42 Å². The molecule has 0 atom stereocenters. The highest BCUT2D eigenvalue weighted by Crippen LogP contribution is 2.21. The van der Waals surface area contributed by atoms with Crippen molar-refractivity contribution in [2.24, 2.45) is 0 Å². The number of hydrogen-bond donors (Lipinski definition) is 1. The minimum Gasteiger partial charge on any atom is -0.207 e. The zero-order valence-corrected chi connectivity index (χ0v) is 13.8. The first-order valence-corrected chi connectivity index (χ1v) is 8.79. The van der Waals surface area contributed by atoms with Crippen molar-refractivity contribution in [3.8, 4) is 0 Å². The lowest BCUT2D eigenvalue weighted by Crippen LogP contribution is -2.22. The number of benzene rings is 1. The van der Waals surface area contributed by atoms with Gasteiger partial charge < -0.3 is 0 Å². The molecule has 1 heterocycles. The minimum absolute atomic E-state index is 0.278. The van der Waals surface area contributed by atoms with Crippen LogP contribution in [-0.4, -0.2) is 8.42 Å². The number of aryl methyl sites for hydroxylation is 2.